The van der Waals surface area contributed by atoms with E-state index >= 15 is 0 Å². The van der Waals surface area contributed by atoms with Crippen LogP contribution in [0.2, 0.25) is 0 Å². The zero-order valence-electron chi connectivity index (χ0n) is 8.87. The summed E-state index contributed by atoms with van der Waals surface area (Å²) in [7, 11) is -2.93. The van der Waals surface area contributed by atoms with E-state index in [1.54, 1.807) is 6.07 Å². The van der Waals surface area contributed by atoms with Gasteiger partial charge in [-0.1, -0.05) is 26.0 Å². The van der Waals surface area contributed by atoms with Crippen LogP contribution >= 0.6 is 0 Å². The molecule has 0 amide bonds. The van der Waals surface area contributed by atoms with E-state index in [4.69, 9.17) is 0 Å². The van der Waals surface area contributed by atoms with E-state index < -0.39 is 9.84 Å². The van der Waals surface area contributed by atoms with Crippen LogP contribution in [-0.4, -0.2) is 14.2 Å². The van der Waals surface area contributed by atoms with Gasteiger partial charge in [0.25, 0.3) is 0 Å². The van der Waals surface area contributed by atoms with Crippen molar-refractivity contribution in [3.63, 3.8) is 0 Å². The van der Waals surface area contributed by atoms with Crippen LogP contribution in [-0.2, 0) is 16.3 Å². The Labute approximate surface area is 85.9 Å². The fourth-order valence-corrected chi connectivity index (χ4v) is 3.16. The number of aryl methyl sites for hydroxylation is 2. The van der Waals surface area contributed by atoms with Crippen LogP contribution < -0.4 is 0 Å². The second-order valence-corrected chi connectivity index (χ2v) is 5.26. The summed E-state index contributed by atoms with van der Waals surface area (Å²) in [5.74, 6) is 0.284. The first-order valence-corrected chi connectivity index (χ1v) is 6.57. The molecule has 0 bridgehead atoms. The minimum Gasteiger partial charge on any atom is -0.224 e. The predicted octanol–water partition coefficient (Wildman–Crippen LogP) is 2.35. The van der Waals surface area contributed by atoms with Crippen LogP contribution in [0.5, 0.6) is 0 Å². The van der Waals surface area contributed by atoms with Crippen molar-refractivity contribution in [2.24, 2.45) is 0 Å². The van der Waals surface area contributed by atoms with Crippen molar-refractivity contribution in [2.75, 3.05) is 5.75 Å². The molecule has 1 aromatic carbocycles. The maximum Gasteiger partial charge on any atom is 0.178 e. The van der Waals surface area contributed by atoms with Crippen LogP contribution in [0.4, 0.5) is 0 Å². The molecule has 3 heteroatoms. The third-order valence-corrected chi connectivity index (χ3v) is 3.99. The minimum atomic E-state index is -2.93. The minimum absolute atomic E-state index is 0.284. The van der Waals surface area contributed by atoms with Crippen molar-refractivity contribution in [3.05, 3.63) is 29.3 Å². The molecule has 1 aliphatic heterocycles. The van der Waals surface area contributed by atoms with Gasteiger partial charge in [-0.2, -0.15) is 0 Å². The highest BCUT2D eigenvalue weighted by Gasteiger charge is 2.25. The average molecular weight is 212 g/mol. The number of hydrogen-bond donors (Lipinski definition) is 0. The molecule has 1 aliphatic rings. The Morgan fingerprint density at radius 1 is 1.21 bits per heavy atom. The van der Waals surface area contributed by atoms with Crippen LogP contribution in [0.3, 0.4) is 0 Å². The molecular weight excluding hydrogens is 196 g/mol. The third-order valence-electron chi connectivity index (χ3n) is 2.20. The standard InChI is InChI=1S/C9H10O2S.C2H6/c1-7-2-3-8-4-5-12(10,11)9(8)6-7;1-2/h2-3,6H,4-5H2,1H3;1-2H3. The Bertz CT molecular complexity index is 419. The van der Waals surface area contributed by atoms with Crippen molar-refractivity contribution in [2.45, 2.75) is 32.1 Å². The van der Waals surface area contributed by atoms with Crippen molar-refractivity contribution in [3.8, 4) is 0 Å². The summed E-state index contributed by atoms with van der Waals surface area (Å²) in [5, 5.41) is 0. The zero-order valence-corrected chi connectivity index (χ0v) is 9.69. The lowest BCUT2D eigenvalue weighted by Crippen LogP contribution is -1.98. The molecule has 14 heavy (non-hydrogen) atoms. The van der Waals surface area contributed by atoms with E-state index in [0.29, 0.717) is 11.3 Å². The van der Waals surface area contributed by atoms with E-state index in [0.717, 1.165) is 11.1 Å². The molecule has 2 rings (SSSR count). The van der Waals surface area contributed by atoms with E-state index in [1.165, 1.54) is 0 Å². The SMILES string of the molecule is CC.Cc1ccc2c(c1)S(=O)(=O)CC2. The van der Waals surface area contributed by atoms with Gasteiger partial charge < -0.3 is 0 Å². The zero-order chi connectivity index (χ0) is 10.8. The van der Waals surface area contributed by atoms with Gasteiger partial charge in [0.15, 0.2) is 9.84 Å². The summed E-state index contributed by atoms with van der Waals surface area (Å²) in [6, 6.07) is 5.63. The number of rotatable bonds is 0. The molecule has 0 unspecified atom stereocenters. The Kier molecular flexibility index (Phi) is 3.32. The largest absolute Gasteiger partial charge is 0.224 e. The molecule has 0 atom stereocenters. The van der Waals surface area contributed by atoms with Crippen molar-refractivity contribution >= 4 is 9.84 Å². The molecule has 2 nitrogen and oxygen atoms in total. The summed E-state index contributed by atoms with van der Waals surface area (Å²) in [6.45, 7) is 5.91. The van der Waals surface area contributed by atoms with Crippen molar-refractivity contribution in [1.29, 1.82) is 0 Å². The van der Waals surface area contributed by atoms with Crippen molar-refractivity contribution in [1.82, 2.24) is 0 Å². The highest BCUT2D eigenvalue weighted by molar-refractivity contribution is 7.91. The van der Waals surface area contributed by atoms with Gasteiger partial charge in [0, 0.05) is 0 Å². The Hall–Kier alpha value is -0.830. The summed E-state index contributed by atoms with van der Waals surface area (Å²) in [5.41, 5.74) is 1.99. The molecule has 0 saturated carbocycles. The van der Waals surface area contributed by atoms with Gasteiger partial charge in [0.05, 0.1) is 10.6 Å². The summed E-state index contributed by atoms with van der Waals surface area (Å²) in [4.78, 5) is 0.544. The Morgan fingerprint density at radius 3 is 2.50 bits per heavy atom. The first-order valence-electron chi connectivity index (χ1n) is 4.92. The van der Waals surface area contributed by atoms with Crippen LogP contribution in [0.1, 0.15) is 25.0 Å². The molecule has 78 valence electrons. The highest BCUT2D eigenvalue weighted by atomic mass is 32.2. The van der Waals surface area contributed by atoms with E-state index in [-0.39, 0.29) is 5.75 Å². The molecule has 0 fully saturated rings. The quantitative estimate of drug-likeness (QED) is 0.661. The normalized spacial score (nSPS) is 16.8. The monoisotopic (exact) mass is 212 g/mol. The van der Waals surface area contributed by atoms with Gasteiger partial charge in [-0.25, -0.2) is 8.42 Å². The Balaban J connectivity index is 0.000000461. The van der Waals surface area contributed by atoms with Gasteiger partial charge in [0.2, 0.25) is 0 Å². The third kappa shape index (κ3) is 1.98. The van der Waals surface area contributed by atoms with Gasteiger partial charge in [0.1, 0.15) is 0 Å². The predicted molar refractivity (Wildman–Crippen MR) is 58.3 cm³/mol. The van der Waals surface area contributed by atoms with Gasteiger partial charge in [-0.05, 0) is 30.5 Å². The summed E-state index contributed by atoms with van der Waals surface area (Å²) < 4.78 is 22.8. The van der Waals surface area contributed by atoms with Crippen LogP contribution in [0, 0.1) is 6.92 Å². The number of fused-ring (bicyclic) bond motifs is 1. The highest BCUT2D eigenvalue weighted by Crippen LogP contribution is 2.26. The molecule has 0 N–H and O–H groups in total. The first kappa shape index (κ1) is 11.2. The van der Waals surface area contributed by atoms with Gasteiger partial charge >= 0.3 is 0 Å². The van der Waals surface area contributed by atoms with Crippen molar-refractivity contribution < 1.29 is 8.42 Å². The smallest absolute Gasteiger partial charge is 0.178 e. The first-order chi connectivity index (χ1) is 6.59. The van der Waals surface area contributed by atoms with E-state index in [1.807, 2.05) is 32.9 Å². The van der Waals surface area contributed by atoms with Crippen LogP contribution in [0.15, 0.2) is 23.1 Å². The molecule has 0 radical (unpaired) electrons. The fraction of sp³-hybridized carbons (Fsp3) is 0.455. The number of benzene rings is 1. The molecule has 0 saturated heterocycles. The maximum atomic E-state index is 11.4. The lowest BCUT2D eigenvalue weighted by Gasteiger charge is -1.98. The average Bonchev–Trinajstić information content (AvgIpc) is 2.46. The van der Waals surface area contributed by atoms with Gasteiger partial charge in [-0.15, -0.1) is 0 Å². The number of sulfone groups is 1. The second kappa shape index (κ2) is 4.13. The van der Waals surface area contributed by atoms with E-state index in [2.05, 4.69) is 0 Å². The fourth-order valence-electron chi connectivity index (χ4n) is 1.51. The maximum absolute atomic E-state index is 11.4. The van der Waals surface area contributed by atoms with Gasteiger partial charge in [-0.3, -0.25) is 0 Å². The topological polar surface area (TPSA) is 34.1 Å². The second-order valence-electron chi connectivity index (χ2n) is 3.18. The molecule has 0 aromatic heterocycles. The van der Waals surface area contributed by atoms with Crippen LogP contribution in [0.25, 0.3) is 0 Å². The number of hydrogen-bond acceptors (Lipinski definition) is 2. The summed E-state index contributed by atoms with van der Waals surface area (Å²) >= 11 is 0. The molecule has 0 spiro atoms. The molecular formula is C11H16O2S. The lowest BCUT2D eigenvalue weighted by atomic mass is 10.1. The molecule has 1 aromatic rings. The molecule has 0 aliphatic carbocycles. The Morgan fingerprint density at radius 2 is 1.86 bits per heavy atom. The van der Waals surface area contributed by atoms with E-state index in [9.17, 15) is 8.42 Å². The summed E-state index contributed by atoms with van der Waals surface area (Å²) in [6.07, 6.45) is 0.679. The lowest BCUT2D eigenvalue weighted by molar-refractivity contribution is 0.600. The molecule has 1 heterocycles.